The molecule has 6 heteroatoms. The number of nitrogens with one attached hydrogen (secondary N) is 1. The minimum absolute atomic E-state index is 0.232. The summed E-state index contributed by atoms with van der Waals surface area (Å²) in [5.74, 6) is -3.87. The summed E-state index contributed by atoms with van der Waals surface area (Å²) in [5, 5.41) is 2.66. The van der Waals surface area contributed by atoms with E-state index in [1.54, 1.807) is 13.8 Å². The van der Waals surface area contributed by atoms with Gasteiger partial charge in [-0.2, -0.15) is 0 Å². The second-order valence-corrected chi connectivity index (χ2v) is 4.61. The largest absolute Gasteiger partial charge is 0.375 e. The van der Waals surface area contributed by atoms with Crippen molar-refractivity contribution >= 4 is 5.69 Å². The first kappa shape index (κ1) is 13.2. The van der Waals surface area contributed by atoms with Gasteiger partial charge in [0.2, 0.25) is 0 Å². The standard InChI is InChI=1S/C12H14F3NO2/c1-12(2)17-5-8(6-18-12)16-10-4-7(13)3-9(14)11(10)15/h3-4,8,16H,5-6H2,1-2H3. The first-order chi connectivity index (χ1) is 8.37. The molecule has 0 amide bonds. The molecule has 0 atom stereocenters. The molecule has 1 fully saturated rings. The van der Waals surface area contributed by atoms with Crippen LogP contribution in [0.3, 0.4) is 0 Å². The van der Waals surface area contributed by atoms with Crippen molar-refractivity contribution in [2.45, 2.75) is 25.7 Å². The Morgan fingerprint density at radius 1 is 1.17 bits per heavy atom. The molecule has 1 aromatic rings. The topological polar surface area (TPSA) is 30.5 Å². The van der Waals surface area contributed by atoms with Crippen LogP contribution in [0.4, 0.5) is 18.9 Å². The number of ether oxygens (including phenoxy) is 2. The van der Waals surface area contributed by atoms with E-state index in [0.29, 0.717) is 6.07 Å². The Bertz CT molecular complexity index is 441. The van der Waals surface area contributed by atoms with E-state index in [1.807, 2.05) is 0 Å². The van der Waals surface area contributed by atoms with Crippen LogP contribution in [0.5, 0.6) is 0 Å². The van der Waals surface area contributed by atoms with Crippen LogP contribution in [0.1, 0.15) is 13.8 Å². The second kappa shape index (κ2) is 4.78. The molecule has 1 N–H and O–H groups in total. The van der Waals surface area contributed by atoms with Gasteiger partial charge in [-0.15, -0.1) is 0 Å². The maximum atomic E-state index is 13.4. The van der Waals surface area contributed by atoms with Gasteiger partial charge in [-0.1, -0.05) is 0 Å². The summed E-state index contributed by atoms with van der Waals surface area (Å²) in [6.45, 7) is 4.05. The second-order valence-electron chi connectivity index (χ2n) is 4.61. The van der Waals surface area contributed by atoms with Crippen LogP contribution in [0, 0.1) is 17.5 Å². The Hall–Kier alpha value is -1.27. The molecule has 3 nitrogen and oxygen atoms in total. The molecule has 100 valence electrons. The number of rotatable bonds is 2. The van der Waals surface area contributed by atoms with Gasteiger partial charge in [0.15, 0.2) is 17.4 Å². The van der Waals surface area contributed by atoms with Gasteiger partial charge in [0.25, 0.3) is 0 Å². The predicted octanol–water partition coefficient (Wildman–Crippen LogP) is 2.67. The summed E-state index contributed by atoms with van der Waals surface area (Å²) in [6, 6.07) is 1.05. The van der Waals surface area contributed by atoms with Crippen LogP contribution in [0.15, 0.2) is 12.1 Å². The van der Waals surface area contributed by atoms with Crippen molar-refractivity contribution in [3.63, 3.8) is 0 Å². The van der Waals surface area contributed by atoms with Gasteiger partial charge < -0.3 is 14.8 Å². The lowest BCUT2D eigenvalue weighted by Gasteiger charge is -2.35. The summed E-state index contributed by atoms with van der Waals surface area (Å²) in [7, 11) is 0. The smallest absolute Gasteiger partial charge is 0.182 e. The minimum atomic E-state index is -1.23. The third-order valence-electron chi connectivity index (χ3n) is 2.62. The Labute approximate surface area is 103 Å². The lowest BCUT2D eigenvalue weighted by atomic mass is 10.2. The van der Waals surface area contributed by atoms with Gasteiger partial charge in [0, 0.05) is 12.1 Å². The van der Waals surface area contributed by atoms with Crippen molar-refractivity contribution in [1.82, 2.24) is 0 Å². The number of anilines is 1. The highest BCUT2D eigenvalue weighted by Gasteiger charge is 2.28. The van der Waals surface area contributed by atoms with Gasteiger partial charge in [0.1, 0.15) is 5.82 Å². The first-order valence-corrected chi connectivity index (χ1v) is 5.56. The fraction of sp³-hybridized carbons (Fsp3) is 0.500. The molecule has 0 unspecified atom stereocenters. The van der Waals surface area contributed by atoms with Gasteiger partial charge >= 0.3 is 0 Å². The van der Waals surface area contributed by atoms with E-state index >= 15 is 0 Å². The predicted molar refractivity (Wildman–Crippen MR) is 59.7 cm³/mol. The van der Waals surface area contributed by atoms with Crippen molar-refractivity contribution < 1.29 is 22.6 Å². The molecular weight excluding hydrogens is 247 g/mol. The van der Waals surface area contributed by atoms with E-state index in [0.717, 1.165) is 6.07 Å². The molecule has 1 aliphatic rings. The fourth-order valence-electron chi connectivity index (χ4n) is 1.66. The molecule has 18 heavy (non-hydrogen) atoms. The van der Waals surface area contributed by atoms with Gasteiger partial charge in [-0.3, -0.25) is 0 Å². The van der Waals surface area contributed by atoms with E-state index in [1.165, 1.54) is 0 Å². The van der Waals surface area contributed by atoms with Crippen LogP contribution >= 0.6 is 0 Å². The lowest BCUT2D eigenvalue weighted by Crippen LogP contribution is -2.45. The summed E-state index contributed by atoms with van der Waals surface area (Å²) in [5.41, 5.74) is -0.232. The highest BCUT2D eigenvalue weighted by atomic mass is 19.2. The van der Waals surface area contributed by atoms with Gasteiger partial charge in [-0.25, -0.2) is 13.2 Å². The van der Waals surface area contributed by atoms with Gasteiger partial charge in [-0.05, 0) is 13.8 Å². The highest BCUT2D eigenvalue weighted by Crippen LogP contribution is 2.23. The zero-order chi connectivity index (χ0) is 13.3. The SMILES string of the molecule is CC1(C)OCC(Nc2cc(F)cc(F)c2F)CO1. The molecule has 0 bridgehead atoms. The van der Waals surface area contributed by atoms with E-state index in [2.05, 4.69) is 5.32 Å². The molecule has 1 heterocycles. The molecule has 0 saturated carbocycles. The van der Waals surface area contributed by atoms with Crippen LogP contribution in [-0.2, 0) is 9.47 Å². The number of hydrogen-bond donors (Lipinski definition) is 1. The van der Waals surface area contributed by atoms with Crippen LogP contribution in [0.25, 0.3) is 0 Å². The van der Waals surface area contributed by atoms with Crippen molar-refractivity contribution in [3.8, 4) is 0 Å². The number of hydrogen-bond acceptors (Lipinski definition) is 3. The maximum absolute atomic E-state index is 13.4. The van der Waals surface area contributed by atoms with Crippen molar-refractivity contribution in [2.24, 2.45) is 0 Å². The summed E-state index contributed by atoms with van der Waals surface area (Å²) in [6.07, 6.45) is 0. The molecule has 2 rings (SSSR count). The average molecular weight is 261 g/mol. The zero-order valence-corrected chi connectivity index (χ0v) is 10.1. The summed E-state index contributed by atoms with van der Waals surface area (Å²) >= 11 is 0. The normalized spacial score (nSPS) is 19.8. The minimum Gasteiger partial charge on any atom is -0.375 e. The molecule has 0 aliphatic carbocycles. The monoisotopic (exact) mass is 261 g/mol. The van der Waals surface area contributed by atoms with Gasteiger partial charge in [0.05, 0.1) is 24.9 Å². The van der Waals surface area contributed by atoms with E-state index in [4.69, 9.17) is 9.47 Å². The maximum Gasteiger partial charge on any atom is 0.182 e. The molecular formula is C12H14F3NO2. The van der Waals surface area contributed by atoms with Crippen LogP contribution in [-0.4, -0.2) is 25.0 Å². The first-order valence-electron chi connectivity index (χ1n) is 5.56. The molecule has 1 aliphatic heterocycles. The zero-order valence-electron chi connectivity index (χ0n) is 10.1. The molecule has 1 aromatic carbocycles. The molecule has 0 radical (unpaired) electrons. The highest BCUT2D eigenvalue weighted by molar-refractivity contribution is 5.46. The van der Waals surface area contributed by atoms with Crippen molar-refractivity contribution in [1.29, 1.82) is 0 Å². The Kier molecular flexibility index (Phi) is 3.49. The average Bonchev–Trinajstić information content (AvgIpc) is 2.28. The molecule has 1 saturated heterocycles. The van der Waals surface area contributed by atoms with E-state index in [9.17, 15) is 13.2 Å². The lowest BCUT2D eigenvalue weighted by molar-refractivity contribution is -0.247. The van der Waals surface area contributed by atoms with Crippen LogP contribution in [0.2, 0.25) is 0 Å². The molecule has 0 aromatic heterocycles. The summed E-state index contributed by atoms with van der Waals surface area (Å²) < 4.78 is 50.1. The van der Waals surface area contributed by atoms with E-state index < -0.39 is 23.2 Å². The Morgan fingerprint density at radius 3 is 2.39 bits per heavy atom. The number of halogens is 3. The van der Waals surface area contributed by atoms with E-state index in [-0.39, 0.29) is 24.9 Å². The third kappa shape index (κ3) is 2.94. The summed E-state index contributed by atoms with van der Waals surface area (Å²) in [4.78, 5) is 0. The van der Waals surface area contributed by atoms with Crippen LogP contribution < -0.4 is 5.32 Å². The third-order valence-corrected chi connectivity index (χ3v) is 2.62. The fourth-order valence-corrected chi connectivity index (χ4v) is 1.66. The quantitative estimate of drug-likeness (QED) is 0.830. The number of benzene rings is 1. The Morgan fingerprint density at radius 2 is 1.78 bits per heavy atom. The van der Waals surface area contributed by atoms with Crippen molar-refractivity contribution in [3.05, 3.63) is 29.6 Å². The molecule has 0 spiro atoms. The Balaban J connectivity index is 2.07. The van der Waals surface area contributed by atoms with Crippen molar-refractivity contribution in [2.75, 3.05) is 18.5 Å².